The topological polar surface area (TPSA) is 47.4 Å². The molecule has 0 spiro atoms. The Kier molecular flexibility index (Phi) is 5.55. The number of ether oxygens (including phenoxy) is 1. The van der Waals surface area contributed by atoms with Gasteiger partial charge in [0, 0.05) is 20.1 Å². The molecular formula is C12H18F3N3O2. The lowest BCUT2D eigenvalue weighted by Gasteiger charge is -2.18. The summed E-state index contributed by atoms with van der Waals surface area (Å²) >= 11 is 0. The first-order valence-corrected chi connectivity index (χ1v) is 6.18. The molecule has 114 valence electrons. The van der Waals surface area contributed by atoms with Crippen LogP contribution in [0.25, 0.3) is 0 Å². The molecule has 0 aliphatic carbocycles. The maximum atomic E-state index is 12.2. The van der Waals surface area contributed by atoms with E-state index in [4.69, 9.17) is 4.74 Å². The van der Waals surface area contributed by atoms with E-state index in [9.17, 15) is 18.0 Å². The number of aryl methyl sites for hydroxylation is 1. The molecule has 1 aromatic heterocycles. The summed E-state index contributed by atoms with van der Waals surface area (Å²) in [5, 5.41) is 3.95. The van der Waals surface area contributed by atoms with Crippen LogP contribution >= 0.6 is 0 Å². The van der Waals surface area contributed by atoms with E-state index < -0.39 is 18.6 Å². The molecule has 0 aromatic carbocycles. The Labute approximate surface area is 115 Å². The maximum Gasteiger partial charge on any atom is 0.390 e. The van der Waals surface area contributed by atoms with Gasteiger partial charge in [-0.15, -0.1) is 0 Å². The highest BCUT2D eigenvalue weighted by molar-refractivity contribution is 5.90. The Hall–Kier alpha value is -1.57. The minimum atomic E-state index is -4.19. The van der Waals surface area contributed by atoms with E-state index in [0.717, 1.165) is 0 Å². The van der Waals surface area contributed by atoms with Crippen LogP contribution < -0.4 is 0 Å². The van der Waals surface area contributed by atoms with Crippen molar-refractivity contribution in [3.05, 3.63) is 17.5 Å². The van der Waals surface area contributed by atoms with Gasteiger partial charge in [0.05, 0.1) is 24.9 Å². The quantitative estimate of drug-likeness (QED) is 0.753. The normalized spacial score (nSPS) is 11.9. The molecule has 1 heterocycles. The van der Waals surface area contributed by atoms with Crippen LogP contribution in [0, 0.1) is 0 Å². The van der Waals surface area contributed by atoms with E-state index in [-0.39, 0.29) is 25.3 Å². The fraction of sp³-hybridized carbons (Fsp3) is 0.667. The zero-order valence-corrected chi connectivity index (χ0v) is 11.7. The van der Waals surface area contributed by atoms with E-state index in [1.165, 1.54) is 15.8 Å². The molecule has 0 amide bonds. The van der Waals surface area contributed by atoms with Crippen LogP contribution in [0.15, 0.2) is 6.20 Å². The summed E-state index contributed by atoms with van der Waals surface area (Å²) < 4.78 is 42.8. The van der Waals surface area contributed by atoms with Crippen LogP contribution in [-0.4, -0.2) is 47.0 Å². The number of carbonyl (C=O) groups is 1. The van der Waals surface area contributed by atoms with Crippen LogP contribution in [-0.2, 0) is 18.3 Å². The summed E-state index contributed by atoms with van der Waals surface area (Å²) in [6.45, 7) is 1.97. The van der Waals surface area contributed by atoms with Crippen molar-refractivity contribution in [2.45, 2.75) is 26.1 Å². The molecule has 20 heavy (non-hydrogen) atoms. The lowest BCUT2D eigenvalue weighted by atomic mass is 10.2. The smallest absolute Gasteiger partial charge is 0.390 e. The average Bonchev–Trinajstić information content (AvgIpc) is 2.68. The Balaban J connectivity index is 2.71. The molecule has 1 rings (SSSR count). The largest absolute Gasteiger partial charge is 0.462 e. The SMILES string of the molecule is CCOC(=O)c1cnn(C)c1CN(C)CCC(F)(F)F. The second kappa shape index (κ2) is 6.74. The first kappa shape index (κ1) is 16.5. The van der Waals surface area contributed by atoms with Gasteiger partial charge in [0.1, 0.15) is 5.56 Å². The third kappa shape index (κ3) is 4.84. The summed E-state index contributed by atoms with van der Waals surface area (Å²) in [6.07, 6.45) is -3.72. The monoisotopic (exact) mass is 293 g/mol. The number of nitrogens with zero attached hydrogens (tertiary/aromatic N) is 3. The predicted molar refractivity (Wildman–Crippen MR) is 66.2 cm³/mol. The van der Waals surface area contributed by atoms with Crippen molar-refractivity contribution < 1.29 is 22.7 Å². The van der Waals surface area contributed by atoms with Crippen molar-refractivity contribution in [2.24, 2.45) is 7.05 Å². The zero-order chi connectivity index (χ0) is 15.3. The first-order chi connectivity index (χ1) is 9.24. The Morgan fingerprint density at radius 2 is 2.15 bits per heavy atom. The maximum absolute atomic E-state index is 12.2. The highest BCUT2D eigenvalue weighted by atomic mass is 19.4. The summed E-state index contributed by atoms with van der Waals surface area (Å²) in [5.74, 6) is -0.514. The fourth-order valence-electron chi connectivity index (χ4n) is 1.68. The van der Waals surface area contributed by atoms with Crippen molar-refractivity contribution in [2.75, 3.05) is 20.2 Å². The predicted octanol–water partition coefficient (Wildman–Crippen LogP) is 1.98. The van der Waals surface area contributed by atoms with Gasteiger partial charge in [0.15, 0.2) is 0 Å². The molecule has 1 aromatic rings. The molecule has 5 nitrogen and oxygen atoms in total. The molecule has 0 aliphatic heterocycles. The van der Waals surface area contributed by atoms with Crippen molar-refractivity contribution in [3.8, 4) is 0 Å². The molecule has 0 N–H and O–H groups in total. The minimum absolute atomic E-state index is 0.142. The number of carbonyl (C=O) groups excluding carboxylic acids is 1. The second-order valence-electron chi connectivity index (χ2n) is 4.45. The number of alkyl halides is 3. The van der Waals surface area contributed by atoms with E-state index in [1.54, 1.807) is 21.0 Å². The molecule has 8 heteroatoms. The third-order valence-electron chi connectivity index (χ3n) is 2.75. The number of halogens is 3. The van der Waals surface area contributed by atoms with E-state index in [0.29, 0.717) is 5.69 Å². The van der Waals surface area contributed by atoms with Crippen molar-refractivity contribution in [1.82, 2.24) is 14.7 Å². The van der Waals surface area contributed by atoms with Crippen LogP contribution in [0.1, 0.15) is 29.4 Å². The molecule has 0 saturated heterocycles. The minimum Gasteiger partial charge on any atom is -0.462 e. The molecular weight excluding hydrogens is 275 g/mol. The summed E-state index contributed by atoms with van der Waals surface area (Å²) in [7, 11) is 3.20. The molecule has 0 saturated carbocycles. The Morgan fingerprint density at radius 1 is 1.50 bits per heavy atom. The number of rotatable bonds is 6. The van der Waals surface area contributed by atoms with Gasteiger partial charge in [-0.1, -0.05) is 0 Å². The van der Waals surface area contributed by atoms with Crippen LogP contribution in [0.5, 0.6) is 0 Å². The zero-order valence-electron chi connectivity index (χ0n) is 11.7. The second-order valence-corrected chi connectivity index (χ2v) is 4.45. The Morgan fingerprint density at radius 3 is 2.70 bits per heavy atom. The highest BCUT2D eigenvalue weighted by Gasteiger charge is 2.27. The molecule has 0 fully saturated rings. The van der Waals surface area contributed by atoms with E-state index >= 15 is 0 Å². The summed E-state index contributed by atoms with van der Waals surface area (Å²) in [5.41, 5.74) is 0.821. The van der Waals surface area contributed by atoms with Crippen molar-refractivity contribution >= 4 is 5.97 Å². The summed E-state index contributed by atoms with van der Waals surface area (Å²) in [6, 6.07) is 0. The number of esters is 1. The van der Waals surface area contributed by atoms with Crippen LogP contribution in [0.2, 0.25) is 0 Å². The number of hydrogen-bond acceptors (Lipinski definition) is 4. The summed E-state index contributed by atoms with van der Waals surface area (Å²) in [4.78, 5) is 13.2. The number of hydrogen-bond donors (Lipinski definition) is 0. The van der Waals surface area contributed by atoms with Gasteiger partial charge in [0.2, 0.25) is 0 Å². The van der Waals surface area contributed by atoms with Gasteiger partial charge in [-0.05, 0) is 14.0 Å². The fourth-order valence-corrected chi connectivity index (χ4v) is 1.68. The molecule has 0 unspecified atom stereocenters. The van der Waals surface area contributed by atoms with Crippen molar-refractivity contribution in [1.29, 1.82) is 0 Å². The van der Waals surface area contributed by atoms with Crippen molar-refractivity contribution in [3.63, 3.8) is 0 Å². The number of aromatic nitrogens is 2. The van der Waals surface area contributed by atoms with Gasteiger partial charge in [0.25, 0.3) is 0 Å². The molecule has 0 atom stereocenters. The van der Waals surface area contributed by atoms with Gasteiger partial charge >= 0.3 is 12.1 Å². The van der Waals surface area contributed by atoms with Gasteiger partial charge < -0.3 is 9.64 Å². The standard InChI is InChI=1S/C12H18F3N3O2/c1-4-20-11(19)9-7-16-18(3)10(9)8-17(2)6-5-12(13,14)15/h7H,4-6,8H2,1-3H3. The third-order valence-corrected chi connectivity index (χ3v) is 2.75. The Bertz CT molecular complexity index is 457. The lowest BCUT2D eigenvalue weighted by molar-refractivity contribution is -0.137. The molecule has 0 bridgehead atoms. The highest BCUT2D eigenvalue weighted by Crippen LogP contribution is 2.20. The van der Waals surface area contributed by atoms with Gasteiger partial charge in [-0.2, -0.15) is 18.3 Å². The van der Waals surface area contributed by atoms with E-state index in [2.05, 4.69) is 5.10 Å². The van der Waals surface area contributed by atoms with E-state index in [1.807, 2.05) is 0 Å². The lowest BCUT2D eigenvalue weighted by Crippen LogP contribution is -2.26. The van der Waals surface area contributed by atoms with Crippen LogP contribution in [0.3, 0.4) is 0 Å². The molecule has 0 radical (unpaired) electrons. The van der Waals surface area contributed by atoms with Gasteiger partial charge in [-0.3, -0.25) is 4.68 Å². The van der Waals surface area contributed by atoms with Gasteiger partial charge in [-0.25, -0.2) is 4.79 Å². The first-order valence-electron chi connectivity index (χ1n) is 6.18. The van der Waals surface area contributed by atoms with Crippen LogP contribution in [0.4, 0.5) is 13.2 Å². The average molecular weight is 293 g/mol. The molecule has 0 aliphatic rings.